The average Bonchev–Trinajstić information content (AvgIpc) is 2.61. The molecule has 1 unspecified atom stereocenters. The maximum atomic E-state index is 12.7. The Labute approximate surface area is 156 Å². The Morgan fingerprint density at radius 1 is 1.12 bits per heavy atom. The normalized spacial score (nSPS) is 12.5. The van der Waals surface area contributed by atoms with Gasteiger partial charge in [-0.2, -0.15) is 5.10 Å². The highest BCUT2D eigenvalue weighted by Gasteiger charge is 2.23. The van der Waals surface area contributed by atoms with Crippen LogP contribution in [0.1, 0.15) is 34.2 Å². The number of esters is 1. The molecule has 0 amide bonds. The Hall–Kier alpha value is -2.74. The molecule has 0 radical (unpaired) electrons. The molecular formula is C18H20N4O3S. The van der Waals surface area contributed by atoms with Crippen molar-refractivity contribution in [1.29, 1.82) is 0 Å². The molecule has 1 aromatic heterocycles. The van der Waals surface area contributed by atoms with E-state index in [1.165, 1.54) is 18.9 Å². The fraction of sp³-hybridized carbons (Fsp3) is 0.278. The van der Waals surface area contributed by atoms with E-state index in [1.54, 1.807) is 31.2 Å². The minimum absolute atomic E-state index is 0.130. The van der Waals surface area contributed by atoms with E-state index in [2.05, 4.69) is 19.8 Å². The monoisotopic (exact) mass is 372 g/mol. The second-order valence-electron chi connectivity index (χ2n) is 5.60. The minimum atomic E-state index is -0.473. The lowest BCUT2D eigenvalue weighted by Crippen LogP contribution is -2.26. The predicted octanol–water partition coefficient (Wildman–Crippen LogP) is 2.29. The molecule has 0 aliphatic rings. The van der Waals surface area contributed by atoms with Gasteiger partial charge in [-0.1, -0.05) is 23.9 Å². The number of hydrogen-bond donors (Lipinski definition) is 1. The van der Waals surface area contributed by atoms with Crippen molar-refractivity contribution in [1.82, 2.24) is 9.97 Å². The number of hydrogen-bond acceptors (Lipinski definition) is 8. The van der Waals surface area contributed by atoms with Gasteiger partial charge in [-0.25, -0.2) is 14.8 Å². The van der Waals surface area contributed by atoms with Crippen molar-refractivity contribution in [3.05, 3.63) is 52.8 Å². The van der Waals surface area contributed by atoms with Gasteiger partial charge >= 0.3 is 5.97 Å². The summed E-state index contributed by atoms with van der Waals surface area (Å²) in [7, 11) is 1.31. The minimum Gasteiger partial charge on any atom is -0.465 e. The fourth-order valence-electron chi connectivity index (χ4n) is 2.31. The molecule has 1 heterocycles. The van der Waals surface area contributed by atoms with Crippen LogP contribution in [0.25, 0.3) is 0 Å². The average molecular weight is 372 g/mol. The Bertz CT molecular complexity index is 830. The van der Waals surface area contributed by atoms with Crippen molar-refractivity contribution in [2.45, 2.75) is 31.2 Å². The molecular weight excluding hydrogens is 352 g/mol. The summed E-state index contributed by atoms with van der Waals surface area (Å²) >= 11 is 1.25. The first kappa shape index (κ1) is 19.6. The number of ketones is 1. The lowest BCUT2D eigenvalue weighted by Gasteiger charge is -2.12. The Balaban J connectivity index is 2.18. The molecule has 1 atom stereocenters. The largest absolute Gasteiger partial charge is 0.465 e. The van der Waals surface area contributed by atoms with Crippen LogP contribution in [0.3, 0.4) is 0 Å². The molecule has 0 fully saturated rings. The van der Waals surface area contributed by atoms with Crippen molar-refractivity contribution in [3.8, 4) is 0 Å². The molecule has 0 saturated carbocycles. The lowest BCUT2D eigenvalue weighted by atomic mass is 10.0. The van der Waals surface area contributed by atoms with E-state index in [4.69, 9.17) is 5.84 Å². The number of carbonyl (C=O) groups excluding carboxylic acids is 2. The third-order valence-corrected chi connectivity index (χ3v) is 4.52. The highest BCUT2D eigenvalue weighted by atomic mass is 32.2. The molecule has 0 aliphatic carbocycles. The number of Topliss-reactive ketones (excluding diaryl/α,β-unsaturated/α-hetero) is 1. The number of aryl methyl sites for hydroxylation is 2. The molecule has 2 rings (SSSR count). The van der Waals surface area contributed by atoms with Gasteiger partial charge in [-0.3, -0.25) is 4.79 Å². The number of thioether (sulfide) groups is 1. The summed E-state index contributed by atoms with van der Waals surface area (Å²) in [6.45, 7) is 5.50. The molecule has 0 aliphatic heterocycles. The number of benzene rings is 1. The van der Waals surface area contributed by atoms with Gasteiger partial charge < -0.3 is 10.6 Å². The molecule has 7 nitrogen and oxygen atoms in total. The van der Waals surface area contributed by atoms with E-state index < -0.39 is 11.2 Å². The van der Waals surface area contributed by atoms with E-state index in [1.807, 2.05) is 19.9 Å². The summed E-state index contributed by atoms with van der Waals surface area (Å²) in [5.74, 6) is 4.75. The van der Waals surface area contributed by atoms with E-state index in [0.29, 0.717) is 16.3 Å². The summed E-state index contributed by atoms with van der Waals surface area (Å²) < 4.78 is 4.66. The SMILES string of the molecule is COC(=O)c1ccc(C(=NN)C(=O)C(C)Sc2nc(C)cc(C)n2)cc1. The van der Waals surface area contributed by atoms with E-state index in [0.717, 1.165) is 11.4 Å². The van der Waals surface area contributed by atoms with Crippen molar-refractivity contribution in [3.63, 3.8) is 0 Å². The van der Waals surface area contributed by atoms with E-state index >= 15 is 0 Å². The fourth-order valence-corrected chi connectivity index (χ4v) is 3.24. The van der Waals surface area contributed by atoms with Crippen LogP contribution in [0.5, 0.6) is 0 Å². The van der Waals surface area contributed by atoms with E-state index in [9.17, 15) is 9.59 Å². The Morgan fingerprint density at radius 3 is 2.15 bits per heavy atom. The summed E-state index contributed by atoms with van der Waals surface area (Å²) in [6.07, 6.45) is 0. The highest BCUT2D eigenvalue weighted by molar-refractivity contribution is 8.00. The zero-order chi connectivity index (χ0) is 19.3. The van der Waals surface area contributed by atoms with Gasteiger partial charge in [0, 0.05) is 17.0 Å². The topological polar surface area (TPSA) is 108 Å². The molecule has 0 spiro atoms. The van der Waals surface area contributed by atoms with Crippen molar-refractivity contribution >= 4 is 29.2 Å². The zero-order valence-corrected chi connectivity index (χ0v) is 15.8. The summed E-state index contributed by atoms with van der Waals surface area (Å²) in [6, 6.07) is 8.21. The van der Waals surface area contributed by atoms with Crippen LogP contribution < -0.4 is 5.84 Å². The molecule has 0 saturated heterocycles. The maximum absolute atomic E-state index is 12.7. The summed E-state index contributed by atoms with van der Waals surface area (Å²) in [4.78, 5) is 32.9. The van der Waals surface area contributed by atoms with Gasteiger partial charge in [0.1, 0.15) is 5.71 Å². The number of rotatable bonds is 6. The second-order valence-corrected chi connectivity index (χ2v) is 6.91. The van der Waals surface area contributed by atoms with Gasteiger partial charge in [0.05, 0.1) is 17.9 Å². The number of ether oxygens (including phenoxy) is 1. The molecule has 8 heteroatoms. The van der Waals surface area contributed by atoms with Gasteiger partial charge in [-0.05, 0) is 39.0 Å². The summed E-state index contributed by atoms with van der Waals surface area (Å²) in [5.41, 5.74) is 2.72. The first-order chi connectivity index (χ1) is 12.3. The van der Waals surface area contributed by atoms with Gasteiger partial charge in [0.25, 0.3) is 0 Å². The third-order valence-electron chi connectivity index (χ3n) is 3.56. The number of aromatic nitrogens is 2. The molecule has 2 N–H and O–H groups in total. The summed E-state index contributed by atoms with van der Waals surface area (Å²) in [5, 5.41) is 3.70. The second kappa shape index (κ2) is 8.57. The molecule has 2 aromatic rings. The number of hydrazone groups is 1. The van der Waals surface area contributed by atoms with Crippen molar-refractivity contribution in [2.24, 2.45) is 10.9 Å². The predicted molar refractivity (Wildman–Crippen MR) is 100 cm³/mol. The van der Waals surface area contributed by atoms with Gasteiger partial charge in [0.15, 0.2) is 10.9 Å². The maximum Gasteiger partial charge on any atom is 0.337 e. The van der Waals surface area contributed by atoms with E-state index in [-0.39, 0.29) is 11.5 Å². The standard InChI is InChI=1S/C18H20N4O3S/c1-10-9-11(2)21-18(20-10)26-12(3)16(23)15(22-19)13-5-7-14(8-6-13)17(24)25-4/h5-9,12H,19H2,1-4H3. The Kier molecular flexibility index (Phi) is 6.46. The molecule has 26 heavy (non-hydrogen) atoms. The zero-order valence-electron chi connectivity index (χ0n) is 15.0. The quantitative estimate of drug-likeness (QED) is 0.207. The smallest absolute Gasteiger partial charge is 0.337 e. The van der Waals surface area contributed by atoms with Crippen LogP contribution in [0.2, 0.25) is 0 Å². The van der Waals surface area contributed by atoms with Gasteiger partial charge in [0.2, 0.25) is 0 Å². The number of carbonyl (C=O) groups is 2. The lowest BCUT2D eigenvalue weighted by molar-refractivity contribution is -0.112. The van der Waals surface area contributed by atoms with Gasteiger partial charge in [-0.15, -0.1) is 0 Å². The first-order valence-electron chi connectivity index (χ1n) is 7.85. The number of nitrogens with zero attached hydrogens (tertiary/aromatic N) is 3. The molecule has 1 aromatic carbocycles. The van der Waals surface area contributed by atoms with Crippen LogP contribution in [-0.4, -0.2) is 39.8 Å². The number of methoxy groups -OCH3 is 1. The van der Waals surface area contributed by atoms with Crippen molar-refractivity contribution in [2.75, 3.05) is 7.11 Å². The molecule has 136 valence electrons. The first-order valence-corrected chi connectivity index (χ1v) is 8.73. The van der Waals surface area contributed by atoms with Crippen LogP contribution in [0, 0.1) is 13.8 Å². The van der Waals surface area contributed by atoms with Crippen LogP contribution in [0.4, 0.5) is 0 Å². The molecule has 0 bridgehead atoms. The van der Waals surface area contributed by atoms with Crippen LogP contribution in [0.15, 0.2) is 40.6 Å². The van der Waals surface area contributed by atoms with Crippen LogP contribution >= 0.6 is 11.8 Å². The number of nitrogens with two attached hydrogens (primary N) is 1. The van der Waals surface area contributed by atoms with Crippen LogP contribution in [-0.2, 0) is 9.53 Å². The van der Waals surface area contributed by atoms with Crippen molar-refractivity contribution < 1.29 is 14.3 Å². The third kappa shape index (κ3) is 4.66. The Morgan fingerprint density at radius 2 is 1.65 bits per heavy atom. The highest BCUT2D eigenvalue weighted by Crippen LogP contribution is 2.22.